The highest BCUT2D eigenvalue weighted by molar-refractivity contribution is 6.28. The average Bonchev–Trinajstić information content (AvgIpc) is 2.44. The first-order valence-electron chi connectivity index (χ1n) is 6.34. The van der Waals surface area contributed by atoms with Gasteiger partial charge in [-0.3, -0.25) is 0 Å². The molecule has 3 rings (SSSR count). The monoisotopic (exact) mass is 293 g/mol. The molecule has 0 saturated heterocycles. The van der Waals surface area contributed by atoms with Crippen LogP contribution in [0.5, 0.6) is 0 Å². The van der Waals surface area contributed by atoms with Gasteiger partial charge in [-0.1, -0.05) is 12.1 Å². The predicted octanol–water partition coefficient (Wildman–Crippen LogP) is 2.95. The molecule has 0 aliphatic carbocycles. The molecule has 4 nitrogen and oxygen atoms in total. The Balaban J connectivity index is 1.82. The lowest BCUT2D eigenvalue weighted by Gasteiger charge is -2.19. The minimum absolute atomic E-state index is 0.215. The van der Waals surface area contributed by atoms with Gasteiger partial charge in [0.1, 0.15) is 11.6 Å². The number of hydrogen-bond acceptors (Lipinski definition) is 4. The van der Waals surface area contributed by atoms with Crippen LogP contribution in [0.3, 0.4) is 0 Å². The molecule has 0 unspecified atom stereocenters. The van der Waals surface area contributed by atoms with Crippen LogP contribution in [0.2, 0.25) is 5.28 Å². The predicted molar refractivity (Wildman–Crippen MR) is 74.1 cm³/mol. The van der Waals surface area contributed by atoms with Crippen LogP contribution in [0, 0.1) is 5.82 Å². The molecule has 0 bridgehead atoms. The van der Waals surface area contributed by atoms with Gasteiger partial charge < -0.3 is 10.1 Å². The molecule has 1 N–H and O–H groups in total. The number of rotatable bonds is 3. The molecule has 1 aliphatic heterocycles. The van der Waals surface area contributed by atoms with Crippen LogP contribution in [0.1, 0.15) is 16.8 Å². The van der Waals surface area contributed by atoms with Gasteiger partial charge in [-0.15, -0.1) is 0 Å². The summed E-state index contributed by atoms with van der Waals surface area (Å²) in [5, 5.41) is 3.39. The summed E-state index contributed by atoms with van der Waals surface area (Å²) in [5.74, 6) is 0.402. The van der Waals surface area contributed by atoms with Gasteiger partial charge >= 0.3 is 0 Å². The van der Waals surface area contributed by atoms with Crippen molar-refractivity contribution in [3.63, 3.8) is 0 Å². The number of benzene rings is 1. The molecule has 0 saturated carbocycles. The van der Waals surface area contributed by atoms with Crippen molar-refractivity contribution in [2.45, 2.75) is 19.6 Å². The maximum atomic E-state index is 13.1. The second kappa shape index (κ2) is 5.73. The van der Waals surface area contributed by atoms with E-state index in [0.29, 0.717) is 25.6 Å². The van der Waals surface area contributed by atoms with Gasteiger partial charge in [-0.25, -0.2) is 14.4 Å². The summed E-state index contributed by atoms with van der Waals surface area (Å²) in [6.07, 6.45) is 0.728. The first-order valence-corrected chi connectivity index (χ1v) is 6.71. The Morgan fingerprint density at radius 1 is 1.35 bits per heavy atom. The van der Waals surface area contributed by atoms with Gasteiger partial charge in [0.25, 0.3) is 0 Å². The Kier molecular flexibility index (Phi) is 3.80. The molecular weight excluding hydrogens is 281 g/mol. The van der Waals surface area contributed by atoms with Gasteiger partial charge in [-0.05, 0) is 29.3 Å². The van der Waals surface area contributed by atoms with Crippen LogP contribution in [0.4, 0.5) is 10.2 Å². The molecule has 20 heavy (non-hydrogen) atoms. The van der Waals surface area contributed by atoms with Gasteiger partial charge in [-0.2, -0.15) is 0 Å². The second-order valence-electron chi connectivity index (χ2n) is 4.55. The molecule has 0 radical (unpaired) electrons. The molecule has 2 heterocycles. The fourth-order valence-corrected chi connectivity index (χ4v) is 2.37. The third-order valence-electron chi connectivity index (χ3n) is 3.14. The van der Waals surface area contributed by atoms with Crippen molar-refractivity contribution in [1.82, 2.24) is 9.97 Å². The van der Waals surface area contributed by atoms with Crippen molar-refractivity contribution >= 4 is 17.4 Å². The van der Waals surface area contributed by atoms with Crippen LogP contribution in [-0.2, 0) is 24.3 Å². The SMILES string of the molecule is Fc1cccc(CNc2nc(Cl)nc3c2COCC3)c1. The molecule has 1 aliphatic rings. The van der Waals surface area contributed by atoms with Crippen molar-refractivity contribution < 1.29 is 9.13 Å². The number of nitrogens with one attached hydrogen (secondary N) is 1. The highest BCUT2D eigenvalue weighted by Gasteiger charge is 2.17. The molecule has 2 aromatic rings. The maximum Gasteiger partial charge on any atom is 0.224 e. The minimum atomic E-state index is -0.254. The van der Waals surface area contributed by atoms with E-state index in [9.17, 15) is 4.39 Å². The second-order valence-corrected chi connectivity index (χ2v) is 4.89. The van der Waals surface area contributed by atoms with Gasteiger partial charge in [0.2, 0.25) is 5.28 Å². The fraction of sp³-hybridized carbons (Fsp3) is 0.286. The number of anilines is 1. The first kappa shape index (κ1) is 13.3. The van der Waals surface area contributed by atoms with Crippen LogP contribution in [0.15, 0.2) is 24.3 Å². The molecule has 0 amide bonds. The van der Waals surface area contributed by atoms with E-state index >= 15 is 0 Å². The molecule has 0 spiro atoms. The molecule has 104 valence electrons. The summed E-state index contributed by atoms with van der Waals surface area (Å²) in [5.41, 5.74) is 2.68. The summed E-state index contributed by atoms with van der Waals surface area (Å²) >= 11 is 5.93. The fourth-order valence-electron chi connectivity index (χ4n) is 2.18. The van der Waals surface area contributed by atoms with Crippen molar-refractivity contribution in [1.29, 1.82) is 0 Å². The van der Waals surface area contributed by atoms with Crippen molar-refractivity contribution in [3.05, 3.63) is 52.2 Å². The van der Waals surface area contributed by atoms with E-state index in [1.54, 1.807) is 6.07 Å². The minimum Gasteiger partial charge on any atom is -0.376 e. The zero-order valence-electron chi connectivity index (χ0n) is 10.7. The number of nitrogens with zero attached hydrogens (tertiary/aromatic N) is 2. The lowest BCUT2D eigenvalue weighted by Crippen LogP contribution is -2.16. The summed E-state index contributed by atoms with van der Waals surface area (Å²) < 4.78 is 18.6. The topological polar surface area (TPSA) is 47.0 Å². The zero-order chi connectivity index (χ0) is 13.9. The standard InChI is InChI=1S/C14H13ClFN3O/c15-14-18-12-4-5-20-8-11(12)13(19-14)17-7-9-2-1-3-10(16)6-9/h1-3,6H,4-5,7-8H2,(H,17,18,19). The third kappa shape index (κ3) is 2.89. The lowest BCUT2D eigenvalue weighted by molar-refractivity contribution is 0.109. The molecule has 6 heteroatoms. The zero-order valence-corrected chi connectivity index (χ0v) is 11.5. The number of aromatic nitrogens is 2. The summed E-state index contributed by atoms with van der Waals surface area (Å²) in [7, 11) is 0. The largest absolute Gasteiger partial charge is 0.376 e. The molecule has 0 fully saturated rings. The van der Waals surface area contributed by atoms with Crippen molar-refractivity contribution in [3.8, 4) is 0 Å². The molecule has 1 aromatic heterocycles. The number of halogens is 2. The Labute approximate surface area is 121 Å². The average molecular weight is 294 g/mol. The van der Waals surface area contributed by atoms with Crippen molar-refractivity contribution in [2.75, 3.05) is 11.9 Å². The van der Waals surface area contributed by atoms with E-state index in [4.69, 9.17) is 16.3 Å². The number of hydrogen-bond donors (Lipinski definition) is 1. The summed E-state index contributed by atoms with van der Waals surface area (Å²) in [4.78, 5) is 8.41. The van der Waals surface area contributed by atoms with Gasteiger partial charge in [0.05, 0.1) is 18.9 Å². The van der Waals surface area contributed by atoms with E-state index in [2.05, 4.69) is 15.3 Å². The molecule has 1 aromatic carbocycles. The van der Waals surface area contributed by atoms with E-state index in [1.807, 2.05) is 6.07 Å². The normalized spacial score (nSPS) is 13.9. The van der Waals surface area contributed by atoms with Gasteiger partial charge in [0, 0.05) is 18.5 Å². The Hall–Kier alpha value is -1.72. The summed E-state index contributed by atoms with van der Waals surface area (Å²) in [6, 6.07) is 6.43. The van der Waals surface area contributed by atoms with E-state index in [0.717, 1.165) is 23.2 Å². The Morgan fingerprint density at radius 2 is 2.25 bits per heavy atom. The number of fused-ring (bicyclic) bond motifs is 1. The quantitative estimate of drug-likeness (QED) is 0.884. The molecule has 0 atom stereocenters. The lowest BCUT2D eigenvalue weighted by atomic mass is 10.1. The van der Waals surface area contributed by atoms with Crippen LogP contribution < -0.4 is 5.32 Å². The van der Waals surface area contributed by atoms with Crippen LogP contribution in [0.25, 0.3) is 0 Å². The van der Waals surface area contributed by atoms with Gasteiger partial charge in [0.15, 0.2) is 0 Å². The van der Waals surface area contributed by atoms with E-state index in [1.165, 1.54) is 12.1 Å². The molecular formula is C14H13ClFN3O. The smallest absolute Gasteiger partial charge is 0.224 e. The van der Waals surface area contributed by atoms with Crippen LogP contribution in [-0.4, -0.2) is 16.6 Å². The summed E-state index contributed by atoms with van der Waals surface area (Å²) in [6.45, 7) is 1.58. The number of ether oxygens (including phenoxy) is 1. The Bertz CT molecular complexity index is 636. The Morgan fingerprint density at radius 3 is 3.10 bits per heavy atom. The van der Waals surface area contributed by atoms with E-state index in [-0.39, 0.29) is 11.1 Å². The third-order valence-corrected chi connectivity index (χ3v) is 3.31. The highest BCUT2D eigenvalue weighted by Crippen LogP contribution is 2.24. The van der Waals surface area contributed by atoms with Crippen molar-refractivity contribution in [2.24, 2.45) is 0 Å². The maximum absolute atomic E-state index is 13.1. The highest BCUT2D eigenvalue weighted by atomic mass is 35.5. The van der Waals surface area contributed by atoms with Crippen LogP contribution >= 0.6 is 11.6 Å². The first-order chi connectivity index (χ1) is 9.72. The van der Waals surface area contributed by atoms with E-state index < -0.39 is 0 Å².